The molecule has 0 radical (unpaired) electrons. The van der Waals surface area contributed by atoms with Crippen molar-refractivity contribution in [3.63, 3.8) is 0 Å². The van der Waals surface area contributed by atoms with Gasteiger partial charge in [-0.1, -0.05) is 41.4 Å². The summed E-state index contributed by atoms with van der Waals surface area (Å²) in [6.07, 6.45) is 3.09. The molecule has 10 heteroatoms. The van der Waals surface area contributed by atoms with Crippen molar-refractivity contribution in [1.29, 1.82) is 0 Å². The zero-order chi connectivity index (χ0) is 23.7. The van der Waals surface area contributed by atoms with Gasteiger partial charge >= 0.3 is 0 Å². The Morgan fingerprint density at radius 1 is 1.12 bits per heavy atom. The number of aryl methyl sites for hydroxylation is 1. The van der Waals surface area contributed by atoms with Crippen LogP contribution in [0.5, 0.6) is 0 Å². The number of halogens is 3. The second-order valence-electron chi connectivity index (χ2n) is 7.41. The summed E-state index contributed by atoms with van der Waals surface area (Å²) < 4.78 is 16.2. The quantitative estimate of drug-likeness (QED) is 0.448. The van der Waals surface area contributed by atoms with E-state index in [1.54, 1.807) is 44.4 Å². The number of rotatable bonds is 5. The zero-order valence-electron chi connectivity index (χ0n) is 17.6. The largest absolute Gasteiger partial charge is 0.345 e. The molecule has 0 spiro atoms. The molecule has 0 aliphatic rings. The Bertz CT molecular complexity index is 1400. The molecule has 2 heterocycles. The number of carbonyl (C=O) groups is 1. The predicted molar refractivity (Wildman–Crippen MR) is 124 cm³/mol. The molecule has 33 heavy (non-hydrogen) atoms. The smallest absolute Gasteiger partial charge is 0.284 e. The maximum Gasteiger partial charge on any atom is 0.284 e. The lowest BCUT2D eigenvalue weighted by atomic mass is 10.1. The van der Waals surface area contributed by atoms with Crippen LogP contribution >= 0.6 is 23.2 Å². The molecule has 0 bridgehead atoms. The molecule has 0 unspecified atom stereocenters. The topological polar surface area (TPSA) is 81.8 Å². The van der Waals surface area contributed by atoms with Gasteiger partial charge in [-0.15, -0.1) is 0 Å². The molecule has 0 saturated heterocycles. The van der Waals surface area contributed by atoms with Crippen LogP contribution in [0.15, 0.2) is 65.7 Å². The van der Waals surface area contributed by atoms with Crippen LogP contribution in [0.3, 0.4) is 0 Å². The monoisotopic (exact) mass is 485 g/mol. The Morgan fingerprint density at radius 3 is 2.48 bits per heavy atom. The van der Waals surface area contributed by atoms with Crippen molar-refractivity contribution < 1.29 is 9.18 Å². The summed E-state index contributed by atoms with van der Waals surface area (Å²) in [5, 5.41) is 11.8. The second-order valence-corrected chi connectivity index (χ2v) is 8.25. The summed E-state index contributed by atoms with van der Waals surface area (Å²) in [5.74, 6) is -1.16. The van der Waals surface area contributed by atoms with Crippen molar-refractivity contribution in [2.24, 2.45) is 7.05 Å². The van der Waals surface area contributed by atoms with Gasteiger partial charge in [0.1, 0.15) is 17.1 Å². The number of nitrogens with one attached hydrogen (secondary N) is 1. The minimum atomic E-state index is -0.609. The maximum atomic E-state index is 13.5. The number of nitrogens with zero attached hydrogens (tertiary/aromatic N) is 4. The summed E-state index contributed by atoms with van der Waals surface area (Å²) in [4.78, 5) is 26.3. The molecule has 2 aromatic carbocycles. The molecule has 0 aliphatic carbocycles. The Kier molecular flexibility index (Phi) is 6.31. The van der Waals surface area contributed by atoms with Crippen molar-refractivity contribution >= 4 is 29.1 Å². The standard InChI is InChI=1S/C23H18Cl2FN5O2/c1-13(15-5-8-20(26)19(25)9-15)28-22(32)18-10-21(14-3-6-16(24)7-4-14)29-31(23(18)33)17-11-27-30(2)12-17/h3-13H,1-2H3,(H,28,32)/t13-/m0/s1. The molecular formula is C23H18Cl2FN5O2. The van der Waals surface area contributed by atoms with E-state index < -0.39 is 23.3 Å². The molecule has 0 saturated carbocycles. The molecule has 168 valence electrons. The van der Waals surface area contributed by atoms with Gasteiger partial charge in [0.25, 0.3) is 11.5 Å². The lowest BCUT2D eigenvalue weighted by Gasteiger charge is -2.16. The molecule has 2 aromatic heterocycles. The lowest BCUT2D eigenvalue weighted by molar-refractivity contribution is 0.0937. The predicted octanol–water partition coefficient (Wildman–Crippen LogP) is 4.57. The number of amides is 1. The van der Waals surface area contributed by atoms with Crippen molar-refractivity contribution in [2.75, 3.05) is 0 Å². The van der Waals surface area contributed by atoms with Gasteiger partial charge < -0.3 is 5.32 Å². The average Bonchev–Trinajstić information content (AvgIpc) is 3.22. The number of hydrogen-bond acceptors (Lipinski definition) is 4. The summed E-state index contributed by atoms with van der Waals surface area (Å²) >= 11 is 11.8. The summed E-state index contributed by atoms with van der Waals surface area (Å²) in [6, 6.07) is 11.9. The Balaban J connectivity index is 1.76. The first-order valence-corrected chi connectivity index (χ1v) is 10.6. The van der Waals surface area contributed by atoms with E-state index in [0.717, 1.165) is 4.68 Å². The van der Waals surface area contributed by atoms with Gasteiger partial charge in [-0.05, 0) is 42.8 Å². The van der Waals surface area contributed by atoms with Crippen LogP contribution in [0.25, 0.3) is 16.9 Å². The molecule has 1 N–H and O–H groups in total. The number of benzene rings is 2. The highest BCUT2D eigenvalue weighted by Gasteiger charge is 2.20. The average molecular weight is 486 g/mol. The van der Waals surface area contributed by atoms with Gasteiger partial charge in [0.15, 0.2) is 0 Å². The van der Waals surface area contributed by atoms with Gasteiger partial charge in [0.2, 0.25) is 0 Å². The third-order valence-corrected chi connectivity index (χ3v) is 5.56. The summed E-state index contributed by atoms with van der Waals surface area (Å²) in [7, 11) is 1.71. The van der Waals surface area contributed by atoms with Crippen molar-refractivity contribution in [3.8, 4) is 16.9 Å². The highest BCUT2D eigenvalue weighted by atomic mass is 35.5. The normalized spacial score (nSPS) is 11.9. The third kappa shape index (κ3) is 4.81. The molecule has 1 atom stereocenters. The molecule has 1 amide bonds. The van der Waals surface area contributed by atoms with Crippen molar-refractivity contribution in [2.45, 2.75) is 13.0 Å². The highest BCUT2D eigenvalue weighted by molar-refractivity contribution is 6.31. The van der Waals surface area contributed by atoms with E-state index in [2.05, 4.69) is 15.5 Å². The van der Waals surface area contributed by atoms with Crippen LogP contribution in [0.2, 0.25) is 10.0 Å². The number of carbonyl (C=O) groups excluding carboxylic acids is 1. The Morgan fingerprint density at radius 2 is 1.85 bits per heavy atom. The van der Waals surface area contributed by atoms with Gasteiger partial charge in [0.05, 0.1) is 29.2 Å². The van der Waals surface area contributed by atoms with E-state index in [1.165, 1.54) is 35.1 Å². The van der Waals surface area contributed by atoms with Crippen LogP contribution in [0.4, 0.5) is 4.39 Å². The van der Waals surface area contributed by atoms with E-state index in [0.29, 0.717) is 27.5 Å². The van der Waals surface area contributed by atoms with Crippen LogP contribution in [-0.4, -0.2) is 25.5 Å². The fourth-order valence-corrected chi connectivity index (χ4v) is 3.57. The third-order valence-electron chi connectivity index (χ3n) is 5.02. The van der Waals surface area contributed by atoms with Crippen molar-refractivity contribution in [3.05, 3.63) is 98.3 Å². The summed E-state index contributed by atoms with van der Waals surface area (Å²) in [6.45, 7) is 1.71. The fraction of sp³-hybridized carbons (Fsp3) is 0.130. The molecule has 0 aliphatic heterocycles. The first-order chi connectivity index (χ1) is 15.7. The van der Waals surface area contributed by atoms with Crippen LogP contribution in [0, 0.1) is 5.82 Å². The fourth-order valence-electron chi connectivity index (χ4n) is 3.25. The Labute approximate surface area is 198 Å². The second kappa shape index (κ2) is 9.17. The molecular weight excluding hydrogens is 468 g/mol. The molecule has 4 rings (SSSR count). The van der Waals surface area contributed by atoms with Gasteiger partial charge in [-0.2, -0.15) is 14.9 Å². The first-order valence-electron chi connectivity index (χ1n) is 9.88. The molecule has 7 nitrogen and oxygen atoms in total. The van der Waals surface area contributed by atoms with E-state index in [-0.39, 0.29) is 10.6 Å². The van der Waals surface area contributed by atoms with Crippen LogP contribution in [-0.2, 0) is 7.05 Å². The van der Waals surface area contributed by atoms with E-state index in [4.69, 9.17) is 23.2 Å². The number of aromatic nitrogens is 4. The van der Waals surface area contributed by atoms with E-state index in [9.17, 15) is 14.0 Å². The minimum Gasteiger partial charge on any atom is -0.345 e. The molecule has 4 aromatic rings. The summed E-state index contributed by atoms with van der Waals surface area (Å²) in [5.41, 5.74) is 1.35. The van der Waals surface area contributed by atoms with E-state index >= 15 is 0 Å². The minimum absolute atomic E-state index is 0.0542. The van der Waals surface area contributed by atoms with Gasteiger partial charge in [0, 0.05) is 17.6 Å². The van der Waals surface area contributed by atoms with Crippen molar-refractivity contribution in [1.82, 2.24) is 24.9 Å². The Hall–Kier alpha value is -3.49. The molecule has 0 fully saturated rings. The number of hydrogen-bond donors (Lipinski definition) is 1. The van der Waals surface area contributed by atoms with Gasteiger partial charge in [-0.3, -0.25) is 14.3 Å². The van der Waals surface area contributed by atoms with Crippen LogP contribution < -0.4 is 10.9 Å². The van der Waals surface area contributed by atoms with Gasteiger partial charge in [-0.25, -0.2) is 4.39 Å². The SMILES string of the molecule is C[C@H](NC(=O)c1cc(-c2ccc(Cl)cc2)nn(-c2cnn(C)c2)c1=O)c1ccc(F)c(Cl)c1. The van der Waals surface area contributed by atoms with Crippen LogP contribution in [0.1, 0.15) is 28.9 Å². The maximum absolute atomic E-state index is 13.5. The zero-order valence-corrected chi connectivity index (χ0v) is 19.1. The highest BCUT2D eigenvalue weighted by Crippen LogP contribution is 2.22. The van der Waals surface area contributed by atoms with E-state index in [1.807, 2.05) is 0 Å². The first kappa shape index (κ1) is 22.7. The lowest BCUT2D eigenvalue weighted by Crippen LogP contribution is -2.35.